The number of rotatable bonds is 2. The van der Waals surface area contributed by atoms with E-state index < -0.39 is 0 Å². The second kappa shape index (κ2) is 4.85. The number of likely N-dealkylation sites (N-methyl/N-ethyl adjacent to an activating group) is 1. The van der Waals surface area contributed by atoms with Crippen LogP contribution < -0.4 is 5.73 Å². The Labute approximate surface area is 97.8 Å². The fraction of sp³-hybridized carbons (Fsp3) is 0.538. The molecule has 0 bridgehead atoms. The van der Waals surface area contributed by atoms with E-state index in [1.54, 1.807) is 0 Å². The lowest BCUT2D eigenvalue weighted by molar-refractivity contribution is 0.0938. The number of hydrogen-bond acceptors (Lipinski definition) is 3. The van der Waals surface area contributed by atoms with Crippen LogP contribution in [0, 0.1) is 0 Å². The van der Waals surface area contributed by atoms with Gasteiger partial charge in [-0.15, -0.1) is 0 Å². The molecule has 1 aliphatic heterocycles. The molecule has 1 fully saturated rings. The quantitative estimate of drug-likeness (QED) is 0.763. The highest BCUT2D eigenvalue weighted by atomic mass is 15.3. The van der Waals surface area contributed by atoms with Crippen LogP contribution in [0.1, 0.15) is 12.5 Å². The van der Waals surface area contributed by atoms with Crippen molar-refractivity contribution in [2.45, 2.75) is 19.5 Å². The first kappa shape index (κ1) is 11.4. The van der Waals surface area contributed by atoms with Crippen molar-refractivity contribution >= 4 is 5.69 Å². The largest absolute Gasteiger partial charge is 0.399 e. The summed E-state index contributed by atoms with van der Waals surface area (Å²) in [4.78, 5) is 4.93. The maximum atomic E-state index is 5.69. The summed E-state index contributed by atoms with van der Waals surface area (Å²) in [5.74, 6) is 0. The lowest BCUT2D eigenvalue weighted by atomic mass is 10.1. The molecule has 0 aromatic heterocycles. The van der Waals surface area contributed by atoms with Gasteiger partial charge in [-0.1, -0.05) is 12.1 Å². The van der Waals surface area contributed by atoms with E-state index in [9.17, 15) is 0 Å². The third kappa shape index (κ3) is 2.74. The van der Waals surface area contributed by atoms with E-state index in [0.29, 0.717) is 6.04 Å². The van der Waals surface area contributed by atoms with Crippen molar-refractivity contribution in [2.24, 2.45) is 0 Å². The maximum Gasteiger partial charge on any atom is 0.0314 e. The number of hydrogen-bond donors (Lipinski definition) is 1. The summed E-state index contributed by atoms with van der Waals surface area (Å²) in [6.45, 7) is 6.82. The van der Waals surface area contributed by atoms with Crippen LogP contribution in [0.2, 0.25) is 0 Å². The Morgan fingerprint density at radius 2 is 1.94 bits per heavy atom. The standard InChI is InChI=1S/C13H21N3/c1-11-9-15(2)7-8-16(11)10-12-3-5-13(14)6-4-12/h3-6,11H,7-10,14H2,1-2H3. The van der Waals surface area contributed by atoms with Crippen LogP contribution >= 0.6 is 0 Å². The Morgan fingerprint density at radius 3 is 2.56 bits per heavy atom. The van der Waals surface area contributed by atoms with Crippen LogP contribution in [0.15, 0.2) is 24.3 Å². The number of nitrogens with two attached hydrogens (primary N) is 1. The maximum absolute atomic E-state index is 5.69. The van der Waals surface area contributed by atoms with Crippen LogP contribution in [-0.4, -0.2) is 42.5 Å². The van der Waals surface area contributed by atoms with Crippen molar-refractivity contribution in [1.29, 1.82) is 0 Å². The fourth-order valence-electron chi connectivity index (χ4n) is 2.27. The zero-order chi connectivity index (χ0) is 11.5. The van der Waals surface area contributed by atoms with Gasteiger partial charge in [0, 0.05) is 37.9 Å². The molecule has 0 saturated carbocycles. The topological polar surface area (TPSA) is 32.5 Å². The fourth-order valence-corrected chi connectivity index (χ4v) is 2.27. The molecule has 0 amide bonds. The van der Waals surface area contributed by atoms with E-state index in [4.69, 9.17) is 5.73 Å². The molecule has 1 saturated heterocycles. The number of nitrogen functional groups attached to an aromatic ring is 1. The first-order valence-corrected chi connectivity index (χ1v) is 5.92. The molecule has 1 heterocycles. The minimum absolute atomic E-state index is 0.635. The minimum Gasteiger partial charge on any atom is -0.399 e. The van der Waals surface area contributed by atoms with Crippen LogP contribution in [0.25, 0.3) is 0 Å². The lowest BCUT2D eigenvalue weighted by Crippen LogP contribution is -2.49. The Morgan fingerprint density at radius 1 is 1.25 bits per heavy atom. The van der Waals surface area contributed by atoms with Gasteiger partial charge in [0.1, 0.15) is 0 Å². The van der Waals surface area contributed by atoms with Gasteiger partial charge in [-0.3, -0.25) is 4.90 Å². The molecule has 0 radical (unpaired) electrons. The van der Waals surface area contributed by atoms with Gasteiger partial charge in [0.15, 0.2) is 0 Å². The average Bonchev–Trinajstić information content (AvgIpc) is 2.25. The van der Waals surface area contributed by atoms with Gasteiger partial charge >= 0.3 is 0 Å². The molecule has 16 heavy (non-hydrogen) atoms. The molecule has 1 unspecified atom stereocenters. The lowest BCUT2D eigenvalue weighted by Gasteiger charge is -2.38. The van der Waals surface area contributed by atoms with Gasteiger partial charge in [0.2, 0.25) is 0 Å². The Hall–Kier alpha value is -1.06. The summed E-state index contributed by atoms with van der Waals surface area (Å²) >= 11 is 0. The summed E-state index contributed by atoms with van der Waals surface area (Å²) in [5.41, 5.74) is 7.88. The van der Waals surface area contributed by atoms with Crippen LogP contribution in [-0.2, 0) is 6.54 Å². The molecule has 1 aromatic carbocycles. The monoisotopic (exact) mass is 219 g/mol. The number of benzene rings is 1. The van der Waals surface area contributed by atoms with Crippen molar-refractivity contribution in [3.8, 4) is 0 Å². The average molecular weight is 219 g/mol. The van der Waals surface area contributed by atoms with E-state index >= 15 is 0 Å². The predicted molar refractivity (Wildman–Crippen MR) is 68.2 cm³/mol. The van der Waals surface area contributed by atoms with E-state index in [-0.39, 0.29) is 0 Å². The molecule has 2 rings (SSSR count). The van der Waals surface area contributed by atoms with Gasteiger partial charge < -0.3 is 10.6 Å². The van der Waals surface area contributed by atoms with Crippen molar-refractivity contribution in [3.63, 3.8) is 0 Å². The van der Waals surface area contributed by atoms with Gasteiger partial charge in [-0.25, -0.2) is 0 Å². The van der Waals surface area contributed by atoms with Gasteiger partial charge in [0.25, 0.3) is 0 Å². The second-order valence-electron chi connectivity index (χ2n) is 4.82. The van der Waals surface area contributed by atoms with E-state index in [1.165, 1.54) is 12.1 Å². The van der Waals surface area contributed by atoms with Gasteiger partial charge in [-0.05, 0) is 31.7 Å². The van der Waals surface area contributed by atoms with Crippen LogP contribution in [0.5, 0.6) is 0 Å². The molecule has 88 valence electrons. The van der Waals surface area contributed by atoms with Gasteiger partial charge in [-0.2, -0.15) is 0 Å². The Bertz CT molecular complexity index is 334. The SMILES string of the molecule is CC1CN(C)CCN1Cc1ccc(N)cc1. The van der Waals surface area contributed by atoms with Crippen LogP contribution in [0.4, 0.5) is 5.69 Å². The Balaban J connectivity index is 1.96. The summed E-state index contributed by atoms with van der Waals surface area (Å²) in [6.07, 6.45) is 0. The first-order valence-electron chi connectivity index (χ1n) is 5.92. The molecule has 3 heteroatoms. The summed E-state index contributed by atoms with van der Waals surface area (Å²) in [7, 11) is 2.19. The van der Waals surface area contributed by atoms with Crippen molar-refractivity contribution < 1.29 is 0 Å². The molecule has 2 N–H and O–H groups in total. The molecular formula is C13H21N3. The molecule has 0 spiro atoms. The number of anilines is 1. The minimum atomic E-state index is 0.635. The van der Waals surface area contributed by atoms with Crippen molar-refractivity contribution in [1.82, 2.24) is 9.80 Å². The van der Waals surface area contributed by atoms with Crippen molar-refractivity contribution in [2.75, 3.05) is 32.4 Å². The second-order valence-corrected chi connectivity index (χ2v) is 4.82. The first-order chi connectivity index (χ1) is 7.65. The van der Waals surface area contributed by atoms with Gasteiger partial charge in [0.05, 0.1) is 0 Å². The predicted octanol–water partition coefficient (Wildman–Crippen LogP) is 1.40. The summed E-state index contributed by atoms with van der Waals surface area (Å²) in [6, 6.07) is 8.85. The Kier molecular flexibility index (Phi) is 3.46. The normalized spacial score (nSPS) is 23.5. The molecule has 1 atom stereocenters. The number of piperazine rings is 1. The summed E-state index contributed by atoms with van der Waals surface area (Å²) < 4.78 is 0. The molecule has 1 aliphatic rings. The molecular weight excluding hydrogens is 198 g/mol. The molecule has 3 nitrogen and oxygen atoms in total. The molecule has 1 aromatic rings. The third-order valence-corrected chi connectivity index (χ3v) is 3.33. The third-order valence-electron chi connectivity index (χ3n) is 3.33. The van der Waals surface area contributed by atoms with Crippen LogP contribution in [0.3, 0.4) is 0 Å². The summed E-state index contributed by atoms with van der Waals surface area (Å²) in [5, 5.41) is 0. The smallest absolute Gasteiger partial charge is 0.0314 e. The van der Waals surface area contributed by atoms with E-state index in [2.05, 4.69) is 35.9 Å². The van der Waals surface area contributed by atoms with E-state index in [0.717, 1.165) is 25.3 Å². The zero-order valence-electron chi connectivity index (χ0n) is 10.2. The van der Waals surface area contributed by atoms with Crippen molar-refractivity contribution in [3.05, 3.63) is 29.8 Å². The highest BCUT2D eigenvalue weighted by Gasteiger charge is 2.20. The zero-order valence-corrected chi connectivity index (χ0v) is 10.2. The highest BCUT2D eigenvalue weighted by molar-refractivity contribution is 5.39. The molecule has 0 aliphatic carbocycles. The van der Waals surface area contributed by atoms with E-state index in [1.807, 2.05) is 12.1 Å². The highest BCUT2D eigenvalue weighted by Crippen LogP contribution is 2.14. The number of nitrogens with zero attached hydrogens (tertiary/aromatic N) is 2.